The minimum Gasteiger partial charge on any atom is -0.508 e. The molecule has 6 unspecified atom stereocenters. The van der Waals surface area contributed by atoms with Gasteiger partial charge in [0.25, 0.3) is 0 Å². The van der Waals surface area contributed by atoms with E-state index in [1.165, 1.54) is 108 Å². The van der Waals surface area contributed by atoms with Crippen molar-refractivity contribution in [3.8, 4) is 5.75 Å². The maximum Gasteiger partial charge on any atom is 0.303 e. The van der Waals surface area contributed by atoms with E-state index in [1.807, 2.05) is 12.1 Å². The summed E-state index contributed by atoms with van der Waals surface area (Å²) in [6.07, 6.45) is 28.8. The molecule has 0 aliphatic heterocycles. The number of aliphatic carboxylic acids is 1. The van der Waals surface area contributed by atoms with E-state index in [0.717, 1.165) is 38.0 Å². The number of fused-ring (bicyclic) bond motifs is 5. The second kappa shape index (κ2) is 16.7. The summed E-state index contributed by atoms with van der Waals surface area (Å²) in [7, 11) is 0. The van der Waals surface area contributed by atoms with Crippen LogP contribution in [0.1, 0.15) is 153 Å². The predicted molar refractivity (Wildman–Crippen MR) is 173 cm³/mol. The quantitative estimate of drug-likeness (QED) is 0.127. The molecule has 6 atom stereocenters. The van der Waals surface area contributed by atoms with Gasteiger partial charge in [-0.25, -0.2) is 0 Å². The van der Waals surface area contributed by atoms with Gasteiger partial charge in [0.15, 0.2) is 0 Å². The van der Waals surface area contributed by atoms with Crippen LogP contribution in [-0.4, -0.2) is 28.3 Å². The number of hydrogen-bond acceptors (Lipinski definition) is 4. The number of aromatic hydroxyl groups is 1. The van der Waals surface area contributed by atoms with Crippen LogP contribution in [0.4, 0.5) is 0 Å². The van der Waals surface area contributed by atoms with Gasteiger partial charge < -0.3 is 14.9 Å². The Morgan fingerprint density at radius 3 is 2.26 bits per heavy atom. The van der Waals surface area contributed by atoms with E-state index in [0.29, 0.717) is 29.9 Å². The van der Waals surface area contributed by atoms with Gasteiger partial charge in [-0.3, -0.25) is 9.59 Å². The largest absolute Gasteiger partial charge is 0.508 e. The van der Waals surface area contributed by atoms with Crippen molar-refractivity contribution in [2.75, 3.05) is 0 Å². The van der Waals surface area contributed by atoms with E-state index in [1.54, 1.807) is 0 Å². The number of benzene rings is 1. The van der Waals surface area contributed by atoms with Gasteiger partial charge in [0.1, 0.15) is 11.9 Å². The molecule has 1 aromatic rings. The number of aryl methyl sites for hydroxylation is 1. The number of phenolic OH excluding ortho intramolecular Hbond substituents is 1. The third-order valence-electron chi connectivity index (χ3n) is 11.3. The standard InChI is InChI=1S/C20H26O3.C18H32O2/c1-12(21)23-19-8-7-18-17-5-3-13-11-14(22)4-6-15(13)16(17)9-10-20(18,19)2;19-18(20)16-10-8-6-4-2-1-3-5-7-9-13-17-14-11-12-15-17/h4,6,11,16-19,22H,3,5,7-10H2,1-2H3;11,14,17H,1-10,12-13,15-16H2,(H,19,20). The monoisotopic (exact) mass is 594 g/mol. The van der Waals surface area contributed by atoms with Crippen LogP contribution in [-0.2, 0) is 20.7 Å². The first-order chi connectivity index (χ1) is 20.8. The minimum atomic E-state index is -0.655. The molecule has 0 bridgehead atoms. The maximum atomic E-state index is 11.4. The highest BCUT2D eigenvalue weighted by Crippen LogP contribution is 2.61. The highest BCUT2D eigenvalue weighted by Gasteiger charge is 2.56. The lowest BCUT2D eigenvalue weighted by Gasteiger charge is -2.50. The molecule has 1 aromatic carbocycles. The smallest absolute Gasteiger partial charge is 0.303 e. The van der Waals surface area contributed by atoms with Gasteiger partial charge in [-0.15, -0.1) is 0 Å². The maximum absolute atomic E-state index is 11.4. The number of rotatable bonds is 14. The van der Waals surface area contributed by atoms with Crippen LogP contribution >= 0.6 is 0 Å². The number of allylic oxidation sites excluding steroid dienone is 2. The highest BCUT2D eigenvalue weighted by atomic mass is 16.5. The molecule has 43 heavy (non-hydrogen) atoms. The molecule has 5 nitrogen and oxygen atoms in total. The first-order valence-corrected chi connectivity index (χ1v) is 17.7. The van der Waals surface area contributed by atoms with Crippen LogP contribution in [0.15, 0.2) is 30.4 Å². The van der Waals surface area contributed by atoms with Gasteiger partial charge >= 0.3 is 11.9 Å². The zero-order valence-electron chi connectivity index (χ0n) is 27.0. The van der Waals surface area contributed by atoms with E-state index in [4.69, 9.17) is 9.84 Å². The zero-order chi connectivity index (χ0) is 30.7. The van der Waals surface area contributed by atoms with Crippen molar-refractivity contribution in [3.05, 3.63) is 41.5 Å². The summed E-state index contributed by atoms with van der Waals surface area (Å²) in [5.41, 5.74) is 2.95. The van der Waals surface area contributed by atoms with Crippen LogP contribution < -0.4 is 0 Å². The fourth-order valence-corrected chi connectivity index (χ4v) is 8.95. The second-order valence-electron chi connectivity index (χ2n) is 14.3. The number of carboxylic acids is 1. The van der Waals surface area contributed by atoms with Crippen molar-refractivity contribution in [2.45, 2.75) is 154 Å². The Bertz CT molecular complexity index is 1060. The fourth-order valence-electron chi connectivity index (χ4n) is 8.95. The molecule has 4 aliphatic rings. The molecule has 2 saturated carbocycles. The van der Waals surface area contributed by atoms with E-state index >= 15 is 0 Å². The number of carboxylic acid groups (broad SMARTS) is 1. The van der Waals surface area contributed by atoms with E-state index in [9.17, 15) is 14.7 Å². The molecule has 0 spiro atoms. The molecule has 0 radical (unpaired) electrons. The molecule has 2 N–H and O–H groups in total. The molecule has 240 valence electrons. The number of phenols is 1. The first-order valence-electron chi connectivity index (χ1n) is 17.7. The molecule has 2 fully saturated rings. The number of unbranched alkanes of at least 4 members (excludes halogenated alkanes) is 9. The van der Waals surface area contributed by atoms with Gasteiger partial charge in [-0.2, -0.15) is 0 Å². The summed E-state index contributed by atoms with van der Waals surface area (Å²) in [6.45, 7) is 3.88. The predicted octanol–water partition coefficient (Wildman–Crippen LogP) is 9.90. The Balaban J connectivity index is 0.000000200. The molecule has 0 amide bonds. The molecular weight excluding hydrogens is 536 g/mol. The minimum absolute atomic E-state index is 0.104. The topological polar surface area (TPSA) is 83.8 Å². The van der Waals surface area contributed by atoms with Crippen molar-refractivity contribution < 1.29 is 24.5 Å². The Hall–Kier alpha value is -2.30. The number of carbonyl (C=O) groups is 2. The van der Waals surface area contributed by atoms with Crippen molar-refractivity contribution in [2.24, 2.45) is 23.2 Å². The summed E-state index contributed by atoms with van der Waals surface area (Å²) in [6, 6.07) is 5.93. The van der Waals surface area contributed by atoms with E-state index in [2.05, 4.69) is 25.1 Å². The van der Waals surface area contributed by atoms with Gasteiger partial charge in [0, 0.05) is 18.8 Å². The fraction of sp³-hybridized carbons (Fsp3) is 0.737. The summed E-state index contributed by atoms with van der Waals surface area (Å²) in [5, 5.41) is 18.3. The molecule has 0 aromatic heterocycles. The van der Waals surface area contributed by atoms with Crippen molar-refractivity contribution in [3.63, 3.8) is 0 Å². The molecular formula is C38H58O5. The third-order valence-corrected chi connectivity index (χ3v) is 11.3. The summed E-state index contributed by atoms with van der Waals surface area (Å²) in [5.74, 6) is 2.47. The van der Waals surface area contributed by atoms with Crippen LogP contribution in [0.3, 0.4) is 0 Å². The van der Waals surface area contributed by atoms with Crippen LogP contribution in [0.5, 0.6) is 5.75 Å². The first kappa shape index (κ1) is 33.6. The second-order valence-corrected chi connectivity index (χ2v) is 14.3. The van der Waals surface area contributed by atoms with Crippen molar-refractivity contribution >= 4 is 11.9 Å². The average molecular weight is 595 g/mol. The lowest BCUT2D eigenvalue weighted by atomic mass is 9.55. The lowest BCUT2D eigenvalue weighted by molar-refractivity contribution is -0.154. The van der Waals surface area contributed by atoms with Gasteiger partial charge in [0.2, 0.25) is 0 Å². The van der Waals surface area contributed by atoms with Crippen LogP contribution in [0.2, 0.25) is 0 Å². The van der Waals surface area contributed by atoms with E-state index in [-0.39, 0.29) is 17.5 Å². The SMILES string of the molecule is CC(=O)OC1CCC2C3CCc4cc(O)ccc4C3CCC12C.O=C(O)CCCCCCCCCCCCC1C=CCC1. The Labute approximate surface area is 260 Å². The zero-order valence-corrected chi connectivity index (χ0v) is 27.0. The van der Waals surface area contributed by atoms with Gasteiger partial charge in [0.05, 0.1) is 0 Å². The van der Waals surface area contributed by atoms with Gasteiger partial charge in [-0.05, 0) is 111 Å². The Morgan fingerprint density at radius 1 is 0.907 bits per heavy atom. The highest BCUT2D eigenvalue weighted by molar-refractivity contribution is 5.66. The molecule has 5 heteroatoms. The van der Waals surface area contributed by atoms with Crippen molar-refractivity contribution in [1.82, 2.24) is 0 Å². The Morgan fingerprint density at radius 2 is 1.60 bits per heavy atom. The third kappa shape index (κ3) is 9.59. The normalized spacial score (nSPS) is 28.7. The van der Waals surface area contributed by atoms with Crippen LogP contribution in [0.25, 0.3) is 0 Å². The Kier molecular flexibility index (Phi) is 13.0. The van der Waals surface area contributed by atoms with Crippen LogP contribution in [0, 0.1) is 23.2 Å². The summed E-state index contributed by atoms with van der Waals surface area (Å²) >= 11 is 0. The summed E-state index contributed by atoms with van der Waals surface area (Å²) in [4.78, 5) is 21.8. The summed E-state index contributed by atoms with van der Waals surface area (Å²) < 4.78 is 5.68. The molecule has 4 aliphatic carbocycles. The van der Waals surface area contributed by atoms with Gasteiger partial charge in [-0.1, -0.05) is 82.9 Å². The van der Waals surface area contributed by atoms with E-state index < -0.39 is 5.97 Å². The molecule has 5 rings (SSSR count). The average Bonchev–Trinajstić information content (AvgIpc) is 3.61. The number of carbonyl (C=O) groups excluding carboxylic acids is 1. The number of ether oxygens (including phenoxy) is 1. The molecule has 0 saturated heterocycles. The molecule has 0 heterocycles. The number of esters is 1. The lowest BCUT2D eigenvalue weighted by Crippen LogP contribution is -2.45. The number of hydrogen-bond donors (Lipinski definition) is 2. The van der Waals surface area contributed by atoms with Crippen molar-refractivity contribution in [1.29, 1.82) is 0 Å².